The van der Waals surface area contributed by atoms with Crippen LogP contribution < -0.4 is 5.56 Å². The average molecular weight is 205 g/mol. The number of fused-ring (bicyclic) bond motifs is 1. The summed E-state index contributed by atoms with van der Waals surface area (Å²) < 4.78 is 0. The molecule has 0 unspecified atom stereocenters. The lowest BCUT2D eigenvalue weighted by molar-refractivity contribution is 1.02. The molecule has 0 fully saturated rings. The lowest BCUT2D eigenvalue weighted by atomic mass is 10.2. The fourth-order valence-electron chi connectivity index (χ4n) is 1.31. The highest BCUT2D eigenvalue weighted by atomic mass is 16.1. The highest BCUT2D eigenvalue weighted by Gasteiger charge is 2.00. The molecular formula is C11H15N3O. The van der Waals surface area contributed by atoms with Crippen LogP contribution in [-0.2, 0) is 6.42 Å². The quantitative estimate of drug-likeness (QED) is 0.773. The SMILES string of the molecule is CC.CCc1ncnc2[nH]c(=O)ccc12. The molecule has 1 N–H and O–H groups in total. The van der Waals surface area contributed by atoms with Crippen molar-refractivity contribution in [1.82, 2.24) is 15.0 Å². The zero-order chi connectivity index (χ0) is 11.3. The van der Waals surface area contributed by atoms with Gasteiger partial charge < -0.3 is 4.98 Å². The summed E-state index contributed by atoms with van der Waals surface area (Å²) in [7, 11) is 0. The average Bonchev–Trinajstić information content (AvgIpc) is 2.30. The maximum atomic E-state index is 11.0. The number of nitrogens with one attached hydrogen (secondary N) is 1. The molecule has 15 heavy (non-hydrogen) atoms. The molecule has 0 aliphatic heterocycles. The van der Waals surface area contributed by atoms with Crippen molar-refractivity contribution in [2.75, 3.05) is 0 Å². The Morgan fingerprint density at radius 3 is 2.67 bits per heavy atom. The summed E-state index contributed by atoms with van der Waals surface area (Å²) in [6.45, 7) is 6.02. The number of aryl methyl sites for hydroxylation is 1. The van der Waals surface area contributed by atoms with Gasteiger partial charge in [0.05, 0.1) is 5.69 Å². The second-order valence-corrected chi connectivity index (χ2v) is 2.76. The van der Waals surface area contributed by atoms with Crippen LogP contribution >= 0.6 is 0 Å². The molecule has 0 aliphatic rings. The van der Waals surface area contributed by atoms with E-state index in [9.17, 15) is 4.79 Å². The highest BCUT2D eigenvalue weighted by molar-refractivity contribution is 5.76. The van der Waals surface area contributed by atoms with E-state index in [4.69, 9.17) is 0 Å². The maximum absolute atomic E-state index is 11.0. The number of aromatic amines is 1. The van der Waals surface area contributed by atoms with E-state index in [0.29, 0.717) is 5.65 Å². The minimum absolute atomic E-state index is 0.131. The van der Waals surface area contributed by atoms with Crippen LogP contribution in [0.3, 0.4) is 0 Å². The van der Waals surface area contributed by atoms with Crippen LogP contribution in [0.5, 0.6) is 0 Å². The first kappa shape index (κ1) is 11.4. The van der Waals surface area contributed by atoms with Gasteiger partial charge in [-0.2, -0.15) is 0 Å². The number of rotatable bonds is 1. The predicted molar refractivity (Wildman–Crippen MR) is 60.9 cm³/mol. The lowest BCUT2D eigenvalue weighted by Crippen LogP contribution is -2.05. The number of hydrogen-bond acceptors (Lipinski definition) is 3. The molecule has 0 amide bonds. The summed E-state index contributed by atoms with van der Waals surface area (Å²) in [5.41, 5.74) is 1.44. The molecule has 80 valence electrons. The second-order valence-electron chi connectivity index (χ2n) is 2.76. The Morgan fingerprint density at radius 1 is 1.27 bits per heavy atom. The van der Waals surface area contributed by atoms with Gasteiger partial charge in [0.15, 0.2) is 0 Å². The first-order chi connectivity index (χ1) is 7.31. The molecule has 4 heteroatoms. The molecular weight excluding hydrogens is 190 g/mol. The zero-order valence-electron chi connectivity index (χ0n) is 9.24. The van der Waals surface area contributed by atoms with Gasteiger partial charge in [0.2, 0.25) is 5.56 Å². The van der Waals surface area contributed by atoms with Crippen LogP contribution in [0, 0.1) is 0 Å². The van der Waals surface area contributed by atoms with Gasteiger partial charge in [-0.15, -0.1) is 0 Å². The van der Waals surface area contributed by atoms with E-state index in [1.807, 2.05) is 20.8 Å². The van der Waals surface area contributed by atoms with Crippen molar-refractivity contribution in [3.05, 3.63) is 34.5 Å². The van der Waals surface area contributed by atoms with Gasteiger partial charge in [0, 0.05) is 11.5 Å². The molecule has 0 saturated heterocycles. The molecule has 2 aromatic heterocycles. The smallest absolute Gasteiger partial charge is 0.249 e. The number of pyridine rings is 1. The summed E-state index contributed by atoms with van der Waals surface area (Å²) in [6, 6.07) is 3.25. The van der Waals surface area contributed by atoms with E-state index >= 15 is 0 Å². The topological polar surface area (TPSA) is 58.6 Å². The monoisotopic (exact) mass is 205 g/mol. The molecule has 2 heterocycles. The van der Waals surface area contributed by atoms with E-state index in [0.717, 1.165) is 17.5 Å². The first-order valence-corrected chi connectivity index (χ1v) is 5.14. The molecule has 0 saturated carbocycles. The van der Waals surface area contributed by atoms with Gasteiger partial charge in [0.25, 0.3) is 0 Å². The first-order valence-electron chi connectivity index (χ1n) is 5.14. The summed E-state index contributed by atoms with van der Waals surface area (Å²) in [6.07, 6.45) is 2.31. The third kappa shape index (κ3) is 2.40. The Morgan fingerprint density at radius 2 is 2.00 bits per heavy atom. The largest absolute Gasteiger partial charge is 0.306 e. The minimum atomic E-state index is -0.131. The molecule has 0 atom stereocenters. The number of hydrogen-bond donors (Lipinski definition) is 1. The molecule has 0 radical (unpaired) electrons. The summed E-state index contributed by atoms with van der Waals surface area (Å²) in [5.74, 6) is 0. The Labute approximate surface area is 88.4 Å². The van der Waals surface area contributed by atoms with Crippen LogP contribution in [0.1, 0.15) is 26.5 Å². The number of H-pyrrole nitrogens is 1. The molecule has 0 spiro atoms. The van der Waals surface area contributed by atoms with E-state index in [1.54, 1.807) is 6.07 Å². The van der Waals surface area contributed by atoms with Crippen molar-refractivity contribution >= 4 is 11.0 Å². The van der Waals surface area contributed by atoms with Gasteiger partial charge in [-0.25, -0.2) is 9.97 Å². The third-order valence-electron chi connectivity index (χ3n) is 1.94. The lowest BCUT2D eigenvalue weighted by Gasteiger charge is -1.99. The Bertz CT molecular complexity index is 490. The van der Waals surface area contributed by atoms with Crippen molar-refractivity contribution in [3.8, 4) is 0 Å². The minimum Gasteiger partial charge on any atom is -0.306 e. The molecule has 4 nitrogen and oxygen atoms in total. The summed E-state index contributed by atoms with van der Waals surface area (Å²) in [4.78, 5) is 21.7. The van der Waals surface area contributed by atoms with Gasteiger partial charge >= 0.3 is 0 Å². The van der Waals surface area contributed by atoms with Crippen LogP contribution in [-0.4, -0.2) is 15.0 Å². The van der Waals surface area contributed by atoms with Gasteiger partial charge in [-0.1, -0.05) is 20.8 Å². The van der Waals surface area contributed by atoms with E-state index in [-0.39, 0.29) is 5.56 Å². The Hall–Kier alpha value is -1.71. The second kappa shape index (κ2) is 5.24. The molecule has 0 bridgehead atoms. The van der Waals surface area contributed by atoms with E-state index < -0.39 is 0 Å². The van der Waals surface area contributed by atoms with E-state index in [2.05, 4.69) is 15.0 Å². The van der Waals surface area contributed by atoms with Crippen molar-refractivity contribution in [2.45, 2.75) is 27.2 Å². The Kier molecular flexibility index (Phi) is 3.97. The maximum Gasteiger partial charge on any atom is 0.249 e. The van der Waals surface area contributed by atoms with Crippen molar-refractivity contribution < 1.29 is 0 Å². The standard InChI is InChI=1S/C9H9N3O.C2H6/c1-2-7-6-3-4-8(13)12-9(6)11-5-10-7;1-2/h3-5H,2H2,1H3,(H,10,11,12,13);1-2H3. The van der Waals surface area contributed by atoms with Gasteiger partial charge in [0.1, 0.15) is 12.0 Å². The van der Waals surface area contributed by atoms with Crippen LogP contribution in [0.25, 0.3) is 11.0 Å². The van der Waals surface area contributed by atoms with Crippen LogP contribution in [0.2, 0.25) is 0 Å². The fraction of sp³-hybridized carbons (Fsp3) is 0.364. The van der Waals surface area contributed by atoms with Crippen molar-refractivity contribution in [3.63, 3.8) is 0 Å². The Balaban J connectivity index is 0.000000531. The molecule has 2 aromatic rings. The fourth-order valence-corrected chi connectivity index (χ4v) is 1.31. The zero-order valence-corrected chi connectivity index (χ0v) is 9.24. The van der Waals surface area contributed by atoms with Crippen LogP contribution in [0.4, 0.5) is 0 Å². The van der Waals surface area contributed by atoms with Crippen molar-refractivity contribution in [2.24, 2.45) is 0 Å². The van der Waals surface area contributed by atoms with Crippen LogP contribution in [0.15, 0.2) is 23.3 Å². The number of aromatic nitrogens is 3. The van der Waals surface area contributed by atoms with Gasteiger partial charge in [-0.3, -0.25) is 4.79 Å². The highest BCUT2D eigenvalue weighted by Crippen LogP contribution is 2.09. The van der Waals surface area contributed by atoms with E-state index in [1.165, 1.54) is 12.4 Å². The molecule has 0 aromatic carbocycles. The molecule has 0 aliphatic carbocycles. The third-order valence-corrected chi connectivity index (χ3v) is 1.94. The summed E-state index contributed by atoms with van der Waals surface area (Å²) >= 11 is 0. The van der Waals surface area contributed by atoms with Crippen molar-refractivity contribution in [1.29, 1.82) is 0 Å². The molecule has 2 rings (SSSR count). The normalized spacial score (nSPS) is 9.53. The number of nitrogens with zero attached hydrogens (tertiary/aromatic N) is 2. The van der Waals surface area contributed by atoms with Gasteiger partial charge in [-0.05, 0) is 12.5 Å². The summed E-state index contributed by atoms with van der Waals surface area (Å²) in [5, 5.41) is 0.921. The predicted octanol–water partition coefficient (Wildman–Crippen LogP) is 1.91.